The molecule has 0 saturated carbocycles. The summed E-state index contributed by atoms with van der Waals surface area (Å²) >= 11 is 6.01. The van der Waals surface area contributed by atoms with Gasteiger partial charge in [-0.2, -0.15) is 5.10 Å². The fourth-order valence-corrected chi connectivity index (χ4v) is 3.79. The third-order valence-corrected chi connectivity index (χ3v) is 5.94. The van der Waals surface area contributed by atoms with Gasteiger partial charge >= 0.3 is 0 Å². The van der Waals surface area contributed by atoms with Crippen molar-refractivity contribution in [1.82, 2.24) is 10.7 Å². The van der Waals surface area contributed by atoms with Crippen LogP contribution in [0.25, 0.3) is 0 Å². The van der Waals surface area contributed by atoms with Gasteiger partial charge in [-0.3, -0.25) is 14.9 Å². The third kappa shape index (κ3) is 7.38. The van der Waals surface area contributed by atoms with Crippen molar-refractivity contribution in [2.45, 2.75) is 38.8 Å². The lowest BCUT2D eigenvalue weighted by molar-refractivity contribution is -0.384. The van der Waals surface area contributed by atoms with Crippen molar-refractivity contribution in [3.05, 3.63) is 63.2 Å². The molecule has 0 aliphatic carbocycles. The number of nitrogens with zero attached hydrogens (tertiary/aromatic N) is 2. The number of nitrogens with one attached hydrogen (secondary N) is 3. The fraction of sp³-hybridized carbons (Fsp3) is 0.417. The van der Waals surface area contributed by atoms with Crippen LogP contribution >= 0.6 is 11.6 Å². The third-order valence-electron chi connectivity index (χ3n) is 5.56. The van der Waals surface area contributed by atoms with Gasteiger partial charge in [0.25, 0.3) is 5.69 Å². The highest BCUT2D eigenvalue weighted by Gasteiger charge is 2.22. The number of rotatable bonds is 11. The molecule has 1 heterocycles. The molecule has 35 heavy (non-hydrogen) atoms. The van der Waals surface area contributed by atoms with E-state index in [1.807, 2.05) is 45.0 Å². The summed E-state index contributed by atoms with van der Waals surface area (Å²) < 4.78 is 5.48. The first-order valence-electron chi connectivity index (χ1n) is 11.3. The van der Waals surface area contributed by atoms with Crippen molar-refractivity contribution in [2.75, 3.05) is 25.0 Å². The Morgan fingerprint density at radius 3 is 2.69 bits per heavy atom. The summed E-state index contributed by atoms with van der Waals surface area (Å²) in [7, 11) is 0. The number of ether oxygens (including phenoxy) is 1. The smallest absolute Gasteiger partial charge is 0.291 e. The van der Waals surface area contributed by atoms with Crippen molar-refractivity contribution in [3.63, 3.8) is 0 Å². The first-order valence-corrected chi connectivity index (χ1v) is 11.6. The molecule has 0 spiro atoms. The van der Waals surface area contributed by atoms with Crippen molar-refractivity contribution in [1.29, 1.82) is 0 Å². The number of nitro benzene ring substituents is 1. The second-order valence-corrected chi connectivity index (χ2v) is 9.52. The predicted molar refractivity (Wildman–Crippen MR) is 135 cm³/mol. The summed E-state index contributed by atoms with van der Waals surface area (Å²) in [5.41, 5.74) is 4.69. The molecule has 10 nitrogen and oxygen atoms in total. The molecule has 4 N–H and O–H groups in total. The quantitative estimate of drug-likeness (QED) is 0.272. The van der Waals surface area contributed by atoms with Gasteiger partial charge in [0.2, 0.25) is 5.91 Å². The Hall–Kier alpha value is -3.21. The van der Waals surface area contributed by atoms with Crippen LogP contribution in [0.1, 0.15) is 32.8 Å². The summed E-state index contributed by atoms with van der Waals surface area (Å²) in [5.74, 6) is 0.146. The van der Waals surface area contributed by atoms with Crippen LogP contribution in [0.2, 0.25) is 5.02 Å². The summed E-state index contributed by atoms with van der Waals surface area (Å²) in [6, 6.07) is 12.1. The molecule has 1 amide bonds. The van der Waals surface area contributed by atoms with Crippen molar-refractivity contribution in [3.8, 4) is 5.75 Å². The Labute approximate surface area is 208 Å². The number of hydrazone groups is 1. The highest BCUT2D eigenvalue weighted by Crippen LogP contribution is 2.33. The molecule has 2 aromatic carbocycles. The number of nitro groups is 1. The topological polar surface area (TPSA) is 138 Å². The van der Waals surface area contributed by atoms with Crippen LogP contribution < -0.4 is 20.8 Å². The molecule has 0 radical (unpaired) electrons. The summed E-state index contributed by atoms with van der Waals surface area (Å²) in [4.78, 5) is 21.8. The second-order valence-electron chi connectivity index (χ2n) is 9.14. The lowest BCUT2D eigenvalue weighted by Crippen LogP contribution is -2.49. The average Bonchev–Trinajstić information content (AvgIpc) is 2.81. The van der Waals surface area contributed by atoms with Gasteiger partial charge in [0.05, 0.1) is 10.6 Å². The Bertz CT molecular complexity index is 1090. The minimum Gasteiger partial charge on any atom is -0.489 e. The van der Waals surface area contributed by atoms with E-state index in [1.54, 1.807) is 0 Å². The number of hydrogen-bond acceptors (Lipinski definition) is 8. The number of β-amino-alcohol motifs (C(OH)–C–C–N with tert-alkyl or cyclic N) is 1. The zero-order valence-electron chi connectivity index (χ0n) is 19.9. The van der Waals surface area contributed by atoms with Crippen LogP contribution in [0.3, 0.4) is 0 Å². The summed E-state index contributed by atoms with van der Waals surface area (Å²) in [5, 5.41) is 32.0. The van der Waals surface area contributed by atoms with E-state index in [4.69, 9.17) is 16.3 Å². The van der Waals surface area contributed by atoms with E-state index in [0.717, 1.165) is 17.0 Å². The van der Waals surface area contributed by atoms with E-state index in [2.05, 4.69) is 21.2 Å². The minimum absolute atomic E-state index is 0.0640. The monoisotopic (exact) mass is 503 g/mol. The molecular formula is C24H30ClN5O5. The molecule has 0 unspecified atom stereocenters. The molecule has 2 aromatic rings. The Morgan fingerprint density at radius 1 is 1.31 bits per heavy atom. The van der Waals surface area contributed by atoms with Crippen LogP contribution in [0.5, 0.6) is 5.75 Å². The van der Waals surface area contributed by atoms with E-state index in [1.165, 1.54) is 18.2 Å². The maximum absolute atomic E-state index is 11.4. The number of aliphatic hydroxyl groups excluding tert-OH is 1. The second kappa shape index (κ2) is 11.5. The molecule has 3 rings (SSSR count). The molecule has 2 atom stereocenters. The van der Waals surface area contributed by atoms with Crippen LogP contribution in [-0.2, 0) is 4.79 Å². The van der Waals surface area contributed by atoms with Crippen molar-refractivity contribution < 1.29 is 19.6 Å². The normalized spacial score (nSPS) is 16.8. The van der Waals surface area contributed by atoms with Gasteiger partial charge in [0, 0.05) is 42.7 Å². The van der Waals surface area contributed by atoms with Crippen LogP contribution in [0.4, 0.5) is 11.4 Å². The Kier molecular flexibility index (Phi) is 8.66. The van der Waals surface area contributed by atoms with E-state index < -0.39 is 11.0 Å². The van der Waals surface area contributed by atoms with Gasteiger partial charge in [0.1, 0.15) is 18.5 Å². The number of aliphatic hydroxyl groups is 1. The van der Waals surface area contributed by atoms with Gasteiger partial charge in [-0.1, -0.05) is 36.7 Å². The number of carbonyl (C=O) groups excluding carboxylic acids is 1. The minimum atomic E-state index is -0.845. The SMILES string of the molecule is C[C@@H]1CC(=O)NN=C1c1ccc(NCC(C)(C)NC[C@H](O)COc2cccc([N+](=O)[O-])c2Cl)cc1. The number of carbonyl (C=O) groups is 1. The highest BCUT2D eigenvalue weighted by molar-refractivity contribution is 6.34. The van der Waals surface area contributed by atoms with Gasteiger partial charge in [0.15, 0.2) is 5.02 Å². The maximum Gasteiger partial charge on any atom is 0.291 e. The molecule has 1 aliphatic rings. The molecule has 0 saturated heterocycles. The first-order chi connectivity index (χ1) is 16.6. The van der Waals surface area contributed by atoms with Gasteiger partial charge < -0.3 is 20.5 Å². The number of halogens is 1. The van der Waals surface area contributed by atoms with Crippen molar-refractivity contribution >= 4 is 34.6 Å². The molecule has 188 valence electrons. The summed E-state index contributed by atoms with van der Waals surface area (Å²) in [6.07, 6.45) is -0.420. The van der Waals surface area contributed by atoms with Gasteiger partial charge in [-0.05, 0) is 37.6 Å². The molecule has 0 bridgehead atoms. The average molecular weight is 504 g/mol. The number of hydrogen-bond donors (Lipinski definition) is 4. The zero-order valence-corrected chi connectivity index (χ0v) is 20.6. The number of benzene rings is 2. The van der Waals surface area contributed by atoms with Crippen LogP contribution in [0, 0.1) is 16.0 Å². The molecule has 1 aliphatic heterocycles. The Balaban J connectivity index is 1.46. The highest BCUT2D eigenvalue weighted by atomic mass is 35.5. The molecule has 11 heteroatoms. The maximum atomic E-state index is 11.4. The zero-order chi connectivity index (χ0) is 25.6. The molecular weight excluding hydrogens is 474 g/mol. The van der Waals surface area contributed by atoms with E-state index >= 15 is 0 Å². The molecule has 0 fully saturated rings. The summed E-state index contributed by atoms with van der Waals surface area (Å²) in [6.45, 7) is 6.76. The molecule has 0 aromatic heterocycles. The number of amides is 1. The Morgan fingerprint density at radius 2 is 2.03 bits per heavy atom. The largest absolute Gasteiger partial charge is 0.489 e. The van der Waals surface area contributed by atoms with Gasteiger partial charge in [-0.15, -0.1) is 0 Å². The standard InChI is InChI=1S/C24H30ClN5O5/c1-15-11-21(32)28-29-23(15)16-7-9-17(10-8-16)26-14-24(2,3)27-12-18(31)13-35-20-6-4-5-19(22(20)25)30(33)34/h4-10,15,18,26-27,31H,11-14H2,1-3H3,(H,28,32)/t15-,18+/m1/s1. The fourth-order valence-electron chi connectivity index (χ4n) is 3.54. The van der Waals surface area contributed by atoms with E-state index in [0.29, 0.717) is 13.0 Å². The van der Waals surface area contributed by atoms with E-state index in [-0.39, 0.29) is 47.0 Å². The van der Waals surface area contributed by atoms with E-state index in [9.17, 15) is 20.0 Å². The first kappa shape index (κ1) is 26.4. The van der Waals surface area contributed by atoms with Crippen molar-refractivity contribution in [2.24, 2.45) is 11.0 Å². The van der Waals surface area contributed by atoms with Gasteiger partial charge in [-0.25, -0.2) is 5.43 Å². The predicted octanol–water partition coefficient (Wildman–Crippen LogP) is 3.33. The lowest BCUT2D eigenvalue weighted by Gasteiger charge is -2.28. The van der Waals surface area contributed by atoms with Crippen LogP contribution in [0.15, 0.2) is 47.6 Å². The van der Waals surface area contributed by atoms with Crippen LogP contribution in [-0.4, -0.2) is 53.0 Å². The lowest BCUT2D eigenvalue weighted by atomic mass is 9.94. The number of anilines is 1.